The van der Waals surface area contributed by atoms with E-state index in [0.29, 0.717) is 0 Å². The molecule has 0 fully saturated rings. The van der Waals surface area contributed by atoms with E-state index in [4.69, 9.17) is 0 Å². The fraction of sp³-hybridized carbons (Fsp3) is 0. The Hall–Kier alpha value is -1.97. The number of aromatic nitrogens is 2. The van der Waals surface area contributed by atoms with Crippen molar-refractivity contribution in [3.05, 3.63) is 42.7 Å². The Balaban J connectivity index is 2.15. The molecule has 0 saturated heterocycles. The first-order valence-corrected chi connectivity index (χ1v) is 3.91. The van der Waals surface area contributed by atoms with Crippen LogP contribution in [0.25, 0.3) is 0 Å². The summed E-state index contributed by atoms with van der Waals surface area (Å²) in [6.07, 6.45) is 3.30. The third-order valence-electron chi connectivity index (χ3n) is 1.52. The van der Waals surface area contributed by atoms with Gasteiger partial charge in [-0.25, -0.2) is 0 Å². The van der Waals surface area contributed by atoms with E-state index in [9.17, 15) is 0 Å². The van der Waals surface area contributed by atoms with Crippen molar-refractivity contribution in [2.24, 2.45) is 10.2 Å². The Bertz CT molecular complexity index is 377. The third-order valence-corrected chi connectivity index (χ3v) is 1.52. The number of rotatable bonds is 2. The number of nitrogens with zero attached hydrogens (tertiary/aromatic N) is 3. The molecule has 64 valence electrons. The van der Waals surface area contributed by atoms with Gasteiger partial charge in [0.1, 0.15) is 5.69 Å². The topological polar surface area (TPSA) is 53.4 Å². The summed E-state index contributed by atoms with van der Waals surface area (Å²) >= 11 is 0. The molecule has 0 bridgehead atoms. The first-order valence-electron chi connectivity index (χ1n) is 3.91. The SMILES string of the molecule is c1ccc(/N=N/c2cn[nH]c2)cc1. The largest absolute Gasteiger partial charge is 0.283 e. The van der Waals surface area contributed by atoms with Crippen LogP contribution in [0, 0.1) is 0 Å². The number of aromatic amines is 1. The van der Waals surface area contributed by atoms with Crippen molar-refractivity contribution >= 4 is 11.4 Å². The highest BCUT2D eigenvalue weighted by Gasteiger charge is 1.88. The van der Waals surface area contributed by atoms with Crippen LogP contribution in [0.5, 0.6) is 0 Å². The lowest BCUT2D eigenvalue weighted by molar-refractivity contribution is 1.09. The van der Waals surface area contributed by atoms with Crippen LogP contribution in [-0.2, 0) is 0 Å². The molecule has 1 N–H and O–H groups in total. The molecule has 2 aromatic rings. The second-order valence-corrected chi connectivity index (χ2v) is 2.49. The minimum absolute atomic E-state index is 0.726. The van der Waals surface area contributed by atoms with Crippen LogP contribution in [0.15, 0.2) is 53.0 Å². The van der Waals surface area contributed by atoms with Gasteiger partial charge in [-0.15, -0.1) is 5.11 Å². The summed E-state index contributed by atoms with van der Waals surface area (Å²) in [6.45, 7) is 0. The predicted octanol–water partition coefficient (Wildman–Crippen LogP) is 2.83. The van der Waals surface area contributed by atoms with Gasteiger partial charge in [0.2, 0.25) is 0 Å². The van der Waals surface area contributed by atoms with Gasteiger partial charge >= 0.3 is 0 Å². The van der Waals surface area contributed by atoms with Gasteiger partial charge in [0.25, 0.3) is 0 Å². The maximum Gasteiger partial charge on any atom is 0.123 e. The van der Waals surface area contributed by atoms with E-state index in [2.05, 4.69) is 20.4 Å². The first-order chi connectivity index (χ1) is 6.45. The second kappa shape index (κ2) is 3.62. The maximum absolute atomic E-state index is 4.01. The van der Waals surface area contributed by atoms with Crippen LogP contribution < -0.4 is 0 Å². The molecular formula is C9H8N4. The van der Waals surface area contributed by atoms with Gasteiger partial charge in [-0.3, -0.25) is 5.10 Å². The van der Waals surface area contributed by atoms with E-state index >= 15 is 0 Å². The summed E-state index contributed by atoms with van der Waals surface area (Å²) in [6, 6.07) is 9.57. The molecule has 4 heteroatoms. The highest BCUT2D eigenvalue weighted by Crippen LogP contribution is 2.15. The Morgan fingerprint density at radius 3 is 2.46 bits per heavy atom. The zero-order valence-corrected chi connectivity index (χ0v) is 6.88. The summed E-state index contributed by atoms with van der Waals surface area (Å²) in [5.74, 6) is 0. The molecule has 1 aromatic carbocycles. The van der Waals surface area contributed by atoms with Crippen LogP contribution in [0.4, 0.5) is 11.4 Å². The lowest BCUT2D eigenvalue weighted by atomic mass is 10.3. The zero-order chi connectivity index (χ0) is 8.93. The smallest absolute Gasteiger partial charge is 0.123 e. The molecule has 13 heavy (non-hydrogen) atoms. The van der Waals surface area contributed by atoms with Gasteiger partial charge in [0.15, 0.2) is 0 Å². The van der Waals surface area contributed by atoms with Crippen molar-refractivity contribution in [2.45, 2.75) is 0 Å². The zero-order valence-electron chi connectivity index (χ0n) is 6.88. The van der Waals surface area contributed by atoms with Crippen molar-refractivity contribution in [2.75, 3.05) is 0 Å². The fourth-order valence-electron chi connectivity index (χ4n) is 0.909. The van der Waals surface area contributed by atoms with Crippen LogP contribution in [0.1, 0.15) is 0 Å². The summed E-state index contributed by atoms with van der Waals surface area (Å²) in [5.41, 5.74) is 1.56. The Morgan fingerprint density at radius 1 is 1.00 bits per heavy atom. The monoisotopic (exact) mass is 172 g/mol. The molecule has 2 rings (SSSR count). The van der Waals surface area contributed by atoms with Crippen LogP contribution in [0.2, 0.25) is 0 Å². The minimum atomic E-state index is 0.726. The average Bonchev–Trinajstić information content (AvgIpc) is 2.69. The number of benzene rings is 1. The van der Waals surface area contributed by atoms with E-state index in [1.807, 2.05) is 30.3 Å². The average molecular weight is 172 g/mol. The highest BCUT2D eigenvalue weighted by molar-refractivity contribution is 5.37. The van der Waals surface area contributed by atoms with Gasteiger partial charge in [0.05, 0.1) is 11.9 Å². The van der Waals surface area contributed by atoms with Gasteiger partial charge in [-0.2, -0.15) is 10.2 Å². The molecule has 0 atom stereocenters. The minimum Gasteiger partial charge on any atom is -0.283 e. The molecule has 0 saturated carbocycles. The molecule has 0 aliphatic carbocycles. The van der Waals surface area contributed by atoms with Crippen LogP contribution in [0.3, 0.4) is 0 Å². The maximum atomic E-state index is 4.01. The van der Waals surface area contributed by atoms with E-state index in [1.165, 1.54) is 0 Å². The van der Waals surface area contributed by atoms with Crippen molar-refractivity contribution in [1.82, 2.24) is 10.2 Å². The number of nitrogens with one attached hydrogen (secondary N) is 1. The lowest BCUT2D eigenvalue weighted by Gasteiger charge is -1.87. The lowest BCUT2D eigenvalue weighted by Crippen LogP contribution is -1.59. The summed E-state index contributed by atoms with van der Waals surface area (Å²) in [5, 5.41) is 14.4. The predicted molar refractivity (Wildman–Crippen MR) is 49.2 cm³/mol. The third kappa shape index (κ3) is 1.99. The normalized spacial score (nSPS) is 10.8. The first kappa shape index (κ1) is 7.67. The molecule has 0 aliphatic heterocycles. The van der Waals surface area contributed by atoms with Gasteiger partial charge in [-0.05, 0) is 12.1 Å². The van der Waals surface area contributed by atoms with Gasteiger partial charge in [0, 0.05) is 6.20 Å². The standard InChI is InChI=1S/C9H8N4/c1-2-4-8(5-3-1)12-13-9-6-10-11-7-9/h1-7H,(H,10,11)/b13-12+. The fourth-order valence-corrected chi connectivity index (χ4v) is 0.909. The molecule has 4 nitrogen and oxygen atoms in total. The molecule has 0 radical (unpaired) electrons. The summed E-state index contributed by atoms with van der Waals surface area (Å²) in [7, 11) is 0. The van der Waals surface area contributed by atoms with Crippen molar-refractivity contribution < 1.29 is 0 Å². The number of hydrogen-bond acceptors (Lipinski definition) is 3. The molecule has 1 heterocycles. The Morgan fingerprint density at radius 2 is 1.77 bits per heavy atom. The van der Waals surface area contributed by atoms with Gasteiger partial charge < -0.3 is 0 Å². The molecule has 0 unspecified atom stereocenters. The van der Waals surface area contributed by atoms with Crippen LogP contribution in [-0.4, -0.2) is 10.2 Å². The molecule has 0 spiro atoms. The highest BCUT2D eigenvalue weighted by atomic mass is 15.2. The number of azo groups is 1. The number of H-pyrrole nitrogens is 1. The van der Waals surface area contributed by atoms with Crippen molar-refractivity contribution in [3.63, 3.8) is 0 Å². The number of hydrogen-bond donors (Lipinski definition) is 1. The molecule has 1 aromatic heterocycles. The van der Waals surface area contributed by atoms with E-state index in [-0.39, 0.29) is 0 Å². The quantitative estimate of drug-likeness (QED) is 0.695. The van der Waals surface area contributed by atoms with Crippen LogP contribution >= 0.6 is 0 Å². The van der Waals surface area contributed by atoms with E-state index in [1.54, 1.807) is 12.4 Å². The van der Waals surface area contributed by atoms with Crippen molar-refractivity contribution in [1.29, 1.82) is 0 Å². The van der Waals surface area contributed by atoms with E-state index < -0.39 is 0 Å². The van der Waals surface area contributed by atoms with Gasteiger partial charge in [-0.1, -0.05) is 18.2 Å². The summed E-state index contributed by atoms with van der Waals surface area (Å²) < 4.78 is 0. The van der Waals surface area contributed by atoms with Crippen molar-refractivity contribution in [3.8, 4) is 0 Å². The van der Waals surface area contributed by atoms with E-state index in [0.717, 1.165) is 11.4 Å². The molecule has 0 amide bonds. The summed E-state index contributed by atoms with van der Waals surface area (Å²) in [4.78, 5) is 0. The molecule has 0 aliphatic rings. The molecular weight excluding hydrogens is 164 g/mol. The Labute approximate surface area is 75.3 Å². The second-order valence-electron chi connectivity index (χ2n) is 2.49. The Kier molecular flexibility index (Phi) is 2.14.